The van der Waals surface area contributed by atoms with Crippen LogP contribution in [0.2, 0.25) is 0 Å². The second kappa shape index (κ2) is 18.9. The average molecular weight is 421 g/mol. The summed E-state index contributed by atoms with van der Waals surface area (Å²) in [7, 11) is -3.85. The summed E-state index contributed by atoms with van der Waals surface area (Å²) in [4.78, 5) is 0. The number of hydrogen-bond donors (Lipinski definition) is 2. The highest BCUT2D eigenvalue weighted by molar-refractivity contribution is 7.86. The molecule has 2 atom stereocenters. The molecule has 0 heterocycles. The molecule has 0 aromatic carbocycles. The van der Waals surface area contributed by atoms with E-state index in [0.29, 0.717) is 12.8 Å². The predicted molar refractivity (Wildman–Crippen MR) is 120 cm³/mol. The fraction of sp³-hybridized carbons (Fsp3) is 1.00. The van der Waals surface area contributed by atoms with Crippen LogP contribution < -0.4 is 0 Å². The molecule has 0 spiro atoms. The zero-order valence-corrected chi connectivity index (χ0v) is 19.5. The molecule has 2 N–H and O–H groups in total. The van der Waals surface area contributed by atoms with E-state index in [4.69, 9.17) is 4.55 Å². The van der Waals surface area contributed by atoms with Crippen molar-refractivity contribution in [3.8, 4) is 0 Å². The Labute approximate surface area is 175 Å². The second-order valence-corrected chi connectivity index (χ2v) is 10.3. The van der Waals surface area contributed by atoms with Crippen LogP contribution in [-0.2, 0) is 10.1 Å². The van der Waals surface area contributed by atoms with Crippen molar-refractivity contribution in [1.29, 1.82) is 0 Å². The van der Waals surface area contributed by atoms with Crippen molar-refractivity contribution >= 4 is 10.1 Å². The topological polar surface area (TPSA) is 74.6 Å². The third kappa shape index (κ3) is 19.2. The molecular formula is C23H48O4S. The van der Waals surface area contributed by atoms with Crippen LogP contribution in [0.4, 0.5) is 0 Å². The Bertz CT molecular complexity index is 420. The fourth-order valence-corrected chi connectivity index (χ4v) is 4.74. The number of rotatable bonds is 21. The first-order valence-electron chi connectivity index (χ1n) is 12.0. The first-order valence-corrected chi connectivity index (χ1v) is 13.5. The normalized spacial score (nSPS) is 14.3. The van der Waals surface area contributed by atoms with Gasteiger partial charge in [-0.25, -0.2) is 0 Å². The van der Waals surface area contributed by atoms with Crippen LogP contribution in [0.1, 0.15) is 136 Å². The molecular weight excluding hydrogens is 372 g/mol. The summed E-state index contributed by atoms with van der Waals surface area (Å²) < 4.78 is 31.4. The third-order valence-electron chi connectivity index (χ3n) is 5.77. The van der Waals surface area contributed by atoms with Crippen molar-refractivity contribution < 1.29 is 18.1 Å². The van der Waals surface area contributed by atoms with Gasteiger partial charge in [-0.2, -0.15) is 8.42 Å². The summed E-state index contributed by atoms with van der Waals surface area (Å²) in [6, 6.07) is 0. The molecule has 5 heteroatoms. The van der Waals surface area contributed by atoms with E-state index in [1.54, 1.807) is 0 Å². The van der Waals surface area contributed by atoms with E-state index in [-0.39, 0.29) is 6.10 Å². The van der Waals surface area contributed by atoms with Gasteiger partial charge in [0.15, 0.2) is 0 Å². The number of aliphatic hydroxyl groups is 1. The number of unbranched alkanes of at least 4 members (excludes halogenated alkanes) is 15. The Morgan fingerprint density at radius 2 is 0.893 bits per heavy atom. The van der Waals surface area contributed by atoms with Crippen molar-refractivity contribution in [2.24, 2.45) is 0 Å². The molecule has 0 saturated carbocycles. The van der Waals surface area contributed by atoms with Gasteiger partial charge in [-0.15, -0.1) is 0 Å². The number of hydrogen-bond acceptors (Lipinski definition) is 3. The maximum Gasteiger partial charge on any atom is 0.267 e. The first-order chi connectivity index (χ1) is 13.4. The van der Waals surface area contributed by atoms with Gasteiger partial charge in [-0.1, -0.05) is 110 Å². The molecule has 0 aliphatic rings. The lowest BCUT2D eigenvalue weighted by Gasteiger charge is -2.10. The van der Waals surface area contributed by atoms with Gasteiger partial charge < -0.3 is 5.11 Å². The maximum atomic E-state index is 11.1. The van der Waals surface area contributed by atoms with Gasteiger partial charge in [0, 0.05) is 0 Å². The van der Waals surface area contributed by atoms with E-state index in [1.807, 2.05) is 13.8 Å². The van der Waals surface area contributed by atoms with E-state index < -0.39 is 15.4 Å². The smallest absolute Gasteiger partial charge is 0.267 e. The van der Waals surface area contributed by atoms with Crippen molar-refractivity contribution in [3.63, 3.8) is 0 Å². The molecule has 4 nitrogen and oxygen atoms in total. The zero-order valence-electron chi connectivity index (χ0n) is 18.7. The summed E-state index contributed by atoms with van der Waals surface area (Å²) in [5, 5.41) is 8.64. The highest BCUT2D eigenvalue weighted by Crippen LogP contribution is 2.17. The number of aliphatic hydroxyl groups excluding tert-OH is 1. The van der Waals surface area contributed by atoms with Crippen molar-refractivity contribution in [1.82, 2.24) is 0 Å². The second-order valence-electron chi connectivity index (χ2n) is 8.63. The predicted octanol–water partition coefficient (Wildman–Crippen LogP) is 7.06. The standard InChI is InChI=1S/C23H48O4S/c1-3-23(28(25,26)27)21-19-17-15-13-11-9-7-5-4-6-8-10-12-14-16-18-20-22(2)24/h22-24H,3-21H2,1-2H3,(H,25,26,27). The van der Waals surface area contributed by atoms with Gasteiger partial charge in [0.2, 0.25) is 0 Å². The Kier molecular flexibility index (Phi) is 18.8. The molecule has 0 saturated heterocycles. The molecule has 2 unspecified atom stereocenters. The van der Waals surface area contributed by atoms with Crippen LogP contribution in [-0.4, -0.2) is 29.4 Å². The lowest BCUT2D eigenvalue weighted by molar-refractivity contribution is 0.180. The minimum Gasteiger partial charge on any atom is -0.393 e. The van der Waals surface area contributed by atoms with Crippen molar-refractivity contribution in [3.05, 3.63) is 0 Å². The highest BCUT2D eigenvalue weighted by atomic mass is 32.2. The molecule has 0 fully saturated rings. The van der Waals surface area contributed by atoms with E-state index in [2.05, 4.69) is 0 Å². The van der Waals surface area contributed by atoms with E-state index in [9.17, 15) is 13.5 Å². The molecule has 0 aromatic rings. The minimum absolute atomic E-state index is 0.133. The summed E-state index contributed by atoms with van der Waals surface area (Å²) in [5.74, 6) is 0. The average Bonchev–Trinajstić information content (AvgIpc) is 2.62. The van der Waals surface area contributed by atoms with Crippen LogP contribution in [0, 0.1) is 0 Å². The van der Waals surface area contributed by atoms with E-state index >= 15 is 0 Å². The molecule has 0 radical (unpaired) electrons. The van der Waals surface area contributed by atoms with Gasteiger partial charge in [-0.05, 0) is 26.2 Å². The zero-order chi connectivity index (χ0) is 21.1. The van der Waals surface area contributed by atoms with Crippen LogP contribution in [0.25, 0.3) is 0 Å². The van der Waals surface area contributed by atoms with Gasteiger partial charge in [-0.3, -0.25) is 4.55 Å². The molecule has 0 aliphatic heterocycles. The molecule has 0 rings (SSSR count). The lowest BCUT2D eigenvalue weighted by atomic mass is 10.0. The summed E-state index contributed by atoms with van der Waals surface area (Å²) in [6.45, 7) is 3.69. The van der Waals surface area contributed by atoms with E-state index in [1.165, 1.54) is 89.9 Å². The molecule has 0 amide bonds. The monoisotopic (exact) mass is 420 g/mol. The van der Waals surface area contributed by atoms with Gasteiger partial charge in [0.25, 0.3) is 10.1 Å². The van der Waals surface area contributed by atoms with E-state index in [0.717, 1.165) is 19.3 Å². The fourth-order valence-electron chi connectivity index (χ4n) is 3.85. The first kappa shape index (κ1) is 27.9. The third-order valence-corrected chi connectivity index (χ3v) is 7.19. The SMILES string of the molecule is CCC(CCCCCCCCCCCCCCCCCCC(C)O)S(=O)(=O)O. The van der Waals surface area contributed by atoms with Gasteiger partial charge >= 0.3 is 0 Å². The quantitative estimate of drug-likeness (QED) is 0.154. The lowest BCUT2D eigenvalue weighted by Crippen LogP contribution is -2.19. The molecule has 28 heavy (non-hydrogen) atoms. The molecule has 0 bridgehead atoms. The van der Waals surface area contributed by atoms with Gasteiger partial charge in [0.05, 0.1) is 11.4 Å². The minimum atomic E-state index is -3.85. The summed E-state index contributed by atoms with van der Waals surface area (Å²) in [6.07, 6.45) is 22.2. The van der Waals surface area contributed by atoms with Crippen LogP contribution in [0.3, 0.4) is 0 Å². The summed E-state index contributed by atoms with van der Waals surface area (Å²) in [5.41, 5.74) is 0. The Hall–Kier alpha value is -0.130. The van der Waals surface area contributed by atoms with Crippen LogP contribution >= 0.6 is 0 Å². The van der Waals surface area contributed by atoms with Crippen LogP contribution in [0.15, 0.2) is 0 Å². The van der Waals surface area contributed by atoms with Crippen LogP contribution in [0.5, 0.6) is 0 Å². The molecule has 170 valence electrons. The Balaban J connectivity index is 3.20. The molecule has 0 aliphatic carbocycles. The Morgan fingerprint density at radius 3 is 1.14 bits per heavy atom. The maximum absolute atomic E-state index is 11.1. The van der Waals surface area contributed by atoms with Gasteiger partial charge in [0.1, 0.15) is 0 Å². The Morgan fingerprint density at radius 1 is 0.607 bits per heavy atom. The van der Waals surface area contributed by atoms with Crippen molar-refractivity contribution in [2.45, 2.75) is 147 Å². The molecule has 0 aromatic heterocycles. The summed E-state index contributed by atoms with van der Waals surface area (Å²) >= 11 is 0. The highest BCUT2D eigenvalue weighted by Gasteiger charge is 2.19. The largest absolute Gasteiger partial charge is 0.393 e. The van der Waals surface area contributed by atoms with Crippen molar-refractivity contribution in [2.75, 3.05) is 0 Å².